The van der Waals surface area contributed by atoms with Crippen LogP contribution in [0.4, 0.5) is 0 Å². The van der Waals surface area contributed by atoms with Crippen molar-refractivity contribution in [2.24, 2.45) is 11.7 Å². The average Bonchev–Trinajstić information content (AvgIpc) is 3.07. The van der Waals surface area contributed by atoms with Gasteiger partial charge in [-0.15, -0.1) is 24.2 Å². The molecule has 140 valence electrons. The predicted molar refractivity (Wildman–Crippen MR) is 113 cm³/mol. The van der Waals surface area contributed by atoms with Gasteiger partial charge in [-0.3, -0.25) is 4.79 Å². The molecule has 2 atom stereocenters. The van der Waals surface area contributed by atoms with E-state index in [9.17, 15) is 4.79 Å². The Morgan fingerprint density at radius 2 is 1.92 bits per heavy atom. The van der Waals surface area contributed by atoms with Crippen molar-refractivity contribution in [3.8, 4) is 0 Å². The molecule has 3 nitrogen and oxygen atoms in total. The number of halogens is 2. The highest BCUT2D eigenvalue weighted by atomic mass is 35.5. The van der Waals surface area contributed by atoms with Crippen LogP contribution in [0.25, 0.3) is 0 Å². The summed E-state index contributed by atoms with van der Waals surface area (Å²) in [4.78, 5) is 14.6. The molecule has 1 saturated heterocycles. The highest BCUT2D eigenvalue weighted by Crippen LogP contribution is 2.32. The second kappa shape index (κ2) is 10.2. The van der Waals surface area contributed by atoms with Gasteiger partial charge in [-0.2, -0.15) is 0 Å². The molecule has 3 rings (SSSR count). The van der Waals surface area contributed by atoms with Gasteiger partial charge in [-0.05, 0) is 35.7 Å². The Kier molecular flexibility index (Phi) is 8.29. The summed E-state index contributed by atoms with van der Waals surface area (Å²) in [5.41, 5.74) is 8.38. The molecule has 1 heterocycles. The Morgan fingerprint density at radius 1 is 1.15 bits per heavy atom. The lowest BCUT2D eigenvalue weighted by Gasteiger charge is -2.16. The molecule has 1 fully saturated rings. The molecule has 0 aromatic heterocycles. The van der Waals surface area contributed by atoms with E-state index in [-0.39, 0.29) is 18.3 Å². The quantitative estimate of drug-likeness (QED) is 0.775. The van der Waals surface area contributed by atoms with E-state index in [1.54, 1.807) is 11.8 Å². The van der Waals surface area contributed by atoms with Crippen molar-refractivity contribution in [2.45, 2.75) is 11.7 Å². The third kappa shape index (κ3) is 5.40. The summed E-state index contributed by atoms with van der Waals surface area (Å²) in [6, 6.07) is 18.2. The summed E-state index contributed by atoms with van der Waals surface area (Å²) >= 11 is 7.63. The normalized spacial score (nSPS) is 19.2. The molecule has 26 heavy (non-hydrogen) atoms. The molecule has 0 spiro atoms. The van der Waals surface area contributed by atoms with Crippen molar-refractivity contribution in [2.75, 3.05) is 25.4 Å². The lowest BCUT2D eigenvalue weighted by molar-refractivity contribution is -0.127. The Labute approximate surface area is 170 Å². The van der Waals surface area contributed by atoms with Gasteiger partial charge in [0.05, 0.1) is 5.75 Å². The third-order valence-corrected chi connectivity index (χ3v) is 5.93. The fourth-order valence-electron chi connectivity index (χ4n) is 3.37. The minimum Gasteiger partial charge on any atom is -0.341 e. The number of carbonyl (C=O) groups is 1. The number of nitrogens with zero attached hydrogens (tertiary/aromatic N) is 1. The van der Waals surface area contributed by atoms with Gasteiger partial charge in [0.2, 0.25) is 5.91 Å². The molecule has 2 aromatic carbocycles. The Morgan fingerprint density at radius 3 is 2.62 bits per heavy atom. The minimum atomic E-state index is 0. The first-order valence-corrected chi connectivity index (χ1v) is 10.1. The van der Waals surface area contributed by atoms with Crippen molar-refractivity contribution in [1.29, 1.82) is 0 Å². The predicted octanol–water partition coefficient (Wildman–Crippen LogP) is 4.20. The molecule has 2 aromatic rings. The third-order valence-electron chi connectivity index (χ3n) is 4.71. The molecule has 0 saturated carbocycles. The molecule has 1 aliphatic rings. The van der Waals surface area contributed by atoms with Crippen molar-refractivity contribution in [1.82, 2.24) is 4.90 Å². The van der Waals surface area contributed by atoms with E-state index in [0.29, 0.717) is 24.1 Å². The summed E-state index contributed by atoms with van der Waals surface area (Å²) in [5.74, 6) is 2.16. The summed E-state index contributed by atoms with van der Waals surface area (Å²) in [6.07, 6.45) is 0. The number of rotatable bonds is 6. The van der Waals surface area contributed by atoms with Gasteiger partial charge in [-0.25, -0.2) is 0 Å². The van der Waals surface area contributed by atoms with Crippen LogP contribution in [0.15, 0.2) is 54.6 Å². The van der Waals surface area contributed by atoms with E-state index >= 15 is 0 Å². The Hall–Kier alpha value is -1.20. The van der Waals surface area contributed by atoms with Gasteiger partial charge >= 0.3 is 0 Å². The zero-order valence-electron chi connectivity index (χ0n) is 14.5. The van der Waals surface area contributed by atoms with E-state index in [4.69, 9.17) is 17.3 Å². The summed E-state index contributed by atoms with van der Waals surface area (Å²) in [5, 5.41) is 0.737. The molecule has 0 aliphatic carbocycles. The molecule has 0 bridgehead atoms. The SMILES string of the molecule is Cl.NC[C@@H]1CN(C(=O)CSCc2cccc(Cl)c2)C[C@H]1c1ccccc1. The zero-order valence-corrected chi connectivity index (χ0v) is 16.9. The second-order valence-corrected chi connectivity index (χ2v) is 7.86. The van der Waals surface area contributed by atoms with Crippen molar-refractivity contribution in [3.63, 3.8) is 0 Å². The summed E-state index contributed by atoms with van der Waals surface area (Å²) in [6.45, 7) is 2.13. The lowest BCUT2D eigenvalue weighted by Crippen LogP contribution is -2.31. The maximum atomic E-state index is 12.6. The molecule has 0 radical (unpaired) electrons. The van der Waals surface area contributed by atoms with E-state index < -0.39 is 0 Å². The molecule has 1 aliphatic heterocycles. The van der Waals surface area contributed by atoms with Gasteiger partial charge < -0.3 is 10.6 Å². The number of thioether (sulfide) groups is 1. The number of hydrogen-bond donors (Lipinski definition) is 1. The van der Waals surface area contributed by atoms with Gasteiger partial charge in [0.15, 0.2) is 0 Å². The van der Waals surface area contributed by atoms with Crippen LogP contribution in [0.1, 0.15) is 17.0 Å². The number of hydrogen-bond acceptors (Lipinski definition) is 3. The van der Waals surface area contributed by atoms with E-state index in [1.165, 1.54) is 5.56 Å². The molecule has 6 heteroatoms. The second-order valence-electron chi connectivity index (χ2n) is 6.43. The van der Waals surface area contributed by atoms with E-state index in [0.717, 1.165) is 29.4 Å². The first-order valence-electron chi connectivity index (χ1n) is 8.52. The zero-order chi connectivity index (χ0) is 17.6. The number of nitrogens with two attached hydrogens (primary N) is 1. The van der Waals surface area contributed by atoms with Crippen LogP contribution in [-0.2, 0) is 10.5 Å². The first-order chi connectivity index (χ1) is 12.2. The maximum Gasteiger partial charge on any atom is 0.232 e. The van der Waals surface area contributed by atoms with Crippen LogP contribution in [0.2, 0.25) is 5.02 Å². The summed E-state index contributed by atoms with van der Waals surface area (Å²) in [7, 11) is 0. The van der Waals surface area contributed by atoms with Crippen LogP contribution in [0.5, 0.6) is 0 Å². The molecule has 2 N–H and O–H groups in total. The molecule has 0 unspecified atom stereocenters. The number of benzene rings is 2. The number of likely N-dealkylation sites (tertiary alicyclic amines) is 1. The number of carbonyl (C=O) groups excluding carboxylic acids is 1. The van der Waals surface area contributed by atoms with Crippen LogP contribution in [0, 0.1) is 5.92 Å². The highest BCUT2D eigenvalue weighted by molar-refractivity contribution is 7.99. The summed E-state index contributed by atoms with van der Waals surface area (Å²) < 4.78 is 0. The van der Waals surface area contributed by atoms with Crippen LogP contribution in [0.3, 0.4) is 0 Å². The van der Waals surface area contributed by atoms with Crippen LogP contribution >= 0.6 is 35.8 Å². The van der Waals surface area contributed by atoms with Crippen molar-refractivity contribution in [3.05, 3.63) is 70.7 Å². The monoisotopic (exact) mass is 410 g/mol. The molecule has 1 amide bonds. The fraction of sp³-hybridized carbons (Fsp3) is 0.350. The fourth-order valence-corrected chi connectivity index (χ4v) is 4.45. The van der Waals surface area contributed by atoms with Crippen LogP contribution in [-0.4, -0.2) is 36.2 Å². The van der Waals surface area contributed by atoms with Gasteiger partial charge in [0.1, 0.15) is 0 Å². The largest absolute Gasteiger partial charge is 0.341 e. The topological polar surface area (TPSA) is 46.3 Å². The Balaban J connectivity index is 0.00000243. The van der Waals surface area contributed by atoms with Gasteiger partial charge in [-0.1, -0.05) is 54.1 Å². The first kappa shape index (κ1) is 21.1. The average molecular weight is 411 g/mol. The lowest BCUT2D eigenvalue weighted by atomic mass is 9.89. The Bertz CT molecular complexity index is 714. The van der Waals surface area contributed by atoms with E-state index in [2.05, 4.69) is 12.1 Å². The van der Waals surface area contributed by atoms with Gasteiger partial charge in [0.25, 0.3) is 0 Å². The molecular weight excluding hydrogens is 387 g/mol. The van der Waals surface area contributed by atoms with Crippen molar-refractivity contribution < 1.29 is 4.79 Å². The van der Waals surface area contributed by atoms with E-state index in [1.807, 2.05) is 47.4 Å². The standard InChI is InChI=1S/C20H23ClN2OS.ClH/c21-18-8-4-5-15(9-18)13-25-14-20(24)23-11-17(10-22)19(12-23)16-6-2-1-3-7-16;/h1-9,17,19H,10-14,22H2;1H/t17-,19+;/m1./s1. The smallest absolute Gasteiger partial charge is 0.232 e. The van der Waals surface area contributed by atoms with Crippen molar-refractivity contribution >= 4 is 41.7 Å². The number of amides is 1. The molecular formula is C20H24Cl2N2OS. The highest BCUT2D eigenvalue weighted by Gasteiger charge is 2.34. The minimum absolute atomic E-state index is 0. The maximum absolute atomic E-state index is 12.6. The van der Waals surface area contributed by atoms with Crippen LogP contribution < -0.4 is 5.73 Å². The van der Waals surface area contributed by atoms with Gasteiger partial charge in [0, 0.05) is 29.8 Å².